The van der Waals surface area contributed by atoms with Gasteiger partial charge < -0.3 is 18.9 Å². The first-order valence-corrected chi connectivity index (χ1v) is 19.7. The Balaban J connectivity index is 1.32. The number of rotatable bonds is 19. The van der Waals surface area contributed by atoms with Crippen molar-refractivity contribution in [2.75, 3.05) is 0 Å². The molecule has 1 saturated heterocycles. The van der Waals surface area contributed by atoms with Gasteiger partial charge >= 0.3 is 7.82 Å². The molecular formula is C44H49O8P. The molecule has 5 aromatic rings. The first kappa shape index (κ1) is 38.8. The molecule has 0 bridgehead atoms. The minimum Gasteiger partial charge on any atom is -0.371 e. The molecule has 0 N–H and O–H groups in total. The molecule has 6 atom stereocenters. The average molecular weight is 737 g/mol. The second-order valence-corrected chi connectivity index (χ2v) is 14.8. The lowest BCUT2D eigenvalue weighted by Gasteiger charge is -2.47. The normalized spacial score (nSPS) is 20.9. The standard InChI is InChI=1S/C44H49O8P/c1-3-40(46-29-35-19-9-4-10-20-35)41-34(2)42(47-30-36-21-11-5-12-22-36)43(48-31-37-23-13-6-14-24-37)44(51-41)52-53(45,49-32-38-25-15-7-16-26-38)50-33-39-27-17-8-18-28-39/h4-28,34,40-44H,3,29-33H2,1-2H3/t34-,40-,41+,42+,43+,44+/m1/s1. The second kappa shape index (κ2) is 19.9. The van der Waals surface area contributed by atoms with Crippen molar-refractivity contribution in [3.05, 3.63) is 179 Å². The van der Waals surface area contributed by atoms with E-state index in [4.69, 9.17) is 32.5 Å². The van der Waals surface area contributed by atoms with Gasteiger partial charge in [-0.1, -0.05) is 166 Å². The van der Waals surface area contributed by atoms with Crippen LogP contribution < -0.4 is 0 Å². The molecule has 53 heavy (non-hydrogen) atoms. The van der Waals surface area contributed by atoms with Crippen molar-refractivity contribution in [2.45, 2.75) is 84.0 Å². The van der Waals surface area contributed by atoms with E-state index in [-0.39, 0.29) is 31.8 Å². The van der Waals surface area contributed by atoms with E-state index in [1.807, 2.05) is 152 Å². The molecular weight excluding hydrogens is 687 g/mol. The second-order valence-electron chi connectivity index (χ2n) is 13.2. The van der Waals surface area contributed by atoms with E-state index in [2.05, 4.69) is 13.8 Å². The van der Waals surface area contributed by atoms with Crippen molar-refractivity contribution in [3.8, 4) is 0 Å². The highest BCUT2D eigenvalue weighted by atomic mass is 31.2. The van der Waals surface area contributed by atoms with Gasteiger partial charge in [-0.25, -0.2) is 4.57 Å². The van der Waals surface area contributed by atoms with Crippen LogP contribution in [0.2, 0.25) is 0 Å². The van der Waals surface area contributed by atoms with Crippen molar-refractivity contribution in [2.24, 2.45) is 5.92 Å². The van der Waals surface area contributed by atoms with E-state index in [1.165, 1.54) is 0 Å². The van der Waals surface area contributed by atoms with Gasteiger partial charge in [0, 0.05) is 5.92 Å². The topological polar surface area (TPSA) is 81.7 Å². The zero-order chi connectivity index (χ0) is 36.7. The summed E-state index contributed by atoms with van der Waals surface area (Å²) in [5.74, 6) is -0.213. The lowest BCUT2D eigenvalue weighted by Crippen LogP contribution is -2.59. The molecule has 6 rings (SSSR count). The molecule has 0 amide bonds. The first-order chi connectivity index (χ1) is 26.0. The maximum Gasteiger partial charge on any atom is 0.477 e. The Morgan fingerprint density at radius 2 is 0.925 bits per heavy atom. The summed E-state index contributed by atoms with van der Waals surface area (Å²) >= 11 is 0. The minimum atomic E-state index is -4.30. The third kappa shape index (κ3) is 11.5. The minimum absolute atomic E-state index is 0.000700. The van der Waals surface area contributed by atoms with Crippen LogP contribution in [-0.2, 0) is 70.1 Å². The van der Waals surface area contributed by atoms with Crippen LogP contribution in [0.4, 0.5) is 0 Å². The number of hydrogen-bond donors (Lipinski definition) is 0. The van der Waals surface area contributed by atoms with Crippen LogP contribution in [0, 0.1) is 5.92 Å². The van der Waals surface area contributed by atoms with Crippen molar-refractivity contribution >= 4 is 7.82 Å². The molecule has 0 spiro atoms. The van der Waals surface area contributed by atoms with Crippen molar-refractivity contribution in [1.29, 1.82) is 0 Å². The molecule has 0 aromatic heterocycles. The van der Waals surface area contributed by atoms with Gasteiger partial charge in [-0.05, 0) is 34.2 Å². The van der Waals surface area contributed by atoms with E-state index < -0.39 is 32.4 Å². The van der Waals surface area contributed by atoms with Gasteiger partial charge in [0.1, 0.15) is 6.10 Å². The maximum atomic E-state index is 14.8. The highest BCUT2D eigenvalue weighted by Crippen LogP contribution is 2.54. The quantitative estimate of drug-likeness (QED) is 0.0776. The third-order valence-corrected chi connectivity index (χ3v) is 10.6. The summed E-state index contributed by atoms with van der Waals surface area (Å²) in [7, 11) is -4.30. The summed E-state index contributed by atoms with van der Waals surface area (Å²) in [4.78, 5) is 0. The number of ether oxygens (including phenoxy) is 4. The Kier molecular flexibility index (Phi) is 14.6. The first-order valence-electron chi connectivity index (χ1n) is 18.3. The van der Waals surface area contributed by atoms with E-state index >= 15 is 0 Å². The van der Waals surface area contributed by atoms with Crippen LogP contribution in [0.5, 0.6) is 0 Å². The lowest BCUT2D eigenvalue weighted by molar-refractivity contribution is -0.301. The molecule has 0 radical (unpaired) electrons. The summed E-state index contributed by atoms with van der Waals surface area (Å²) in [6.07, 6.45) is -2.76. The van der Waals surface area contributed by atoms with Crippen LogP contribution >= 0.6 is 7.82 Å². The molecule has 0 aliphatic carbocycles. The number of phosphoric acid groups is 1. The molecule has 1 fully saturated rings. The molecule has 1 heterocycles. The van der Waals surface area contributed by atoms with Gasteiger partial charge in [0.2, 0.25) is 0 Å². The Morgan fingerprint density at radius 3 is 1.34 bits per heavy atom. The van der Waals surface area contributed by atoms with Crippen molar-refractivity contribution < 1.29 is 37.1 Å². The fourth-order valence-corrected chi connectivity index (χ4v) is 7.60. The zero-order valence-electron chi connectivity index (χ0n) is 30.4. The zero-order valence-corrected chi connectivity index (χ0v) is 31.2. The maximum absolute atomic E-state index is 14.8. The van der Waals surface area contributed by atoms with Gasteiger partial charge in [0.25, 0.3) is 0 Å². The van der Waals surface area contributed by atoms with E-state index in [9.17, 15) is 4.57 Å². The monoisotopic (exact) mass is 736 g/mol. The fraction of sp³-hybridized carbons (Fsp3) is 0.318. The van der Waals surface area contributed by atoms with E-state index in [1.54, 1.807) is 0 Å². The van der Waals surface area contributed by atoms with Gasteiger partial charge in [0.15, 0.2) is 6.29 Å². The number of benzene rings is 5. The smallest absolute Gasteiger partial charge is 0.371 e. The lowest BCUT2D eigenvalue weighted by atomic mass is 9.86. The molecule has 0 saturated carbocycles. The highest BCUT2D eigenvalue weighted by molar-refractivity contribution is 7.48. The van der Waals surface area contributed by atoms with E-state index in [0.717, 1.165) is 27.8 Å². The van der Waals surface area contributed by atoms with Gasteiger partial charge in [0.05, 0.1) is 51.3 Å². The highest BCUT2D eigenvalue weighted by Gasteiger charge is 2.51. The van der Waals surface area contributed by atoms with Gasteiger partial charge in [-0.2, -0.15) is 0 Å². The fourth-order valence-electron chi connectivity index (χ4n) is 6.37. The number of phosphoric ester groups is 1. The third-order valence-electron chi connectivity index (χ3n) is 9.26. The summed E-state index contributed by atoms with van der Waals surface area (Å²) in [5.41, 5.74) is 4.66. The van der Waals surface area contributed by atoms with E-state index in [0.29, 0.717) is 19.6 Å². The Labute approximate surface area is 313 Å². The Hall–Kier alpha value is -3.95. The van der Waals surface area contributed by atoms with Gasteiger partial charge in [-0.15, -0.1) is 0 Å². The Morgan fingerprint density at radius 1 is 0.547 bits per heavy atom. The predicted molar refractivity (Wildman–Crippen MR) is 204 cm³/mol. The van der Waals surface area contributed by atoms with Crippen LogP contribution in [0.1, 0.15) is 48.1 Å². The summed E-state index contributed by atoms with van der Waals surface area (Å²) in [6.45, 7) is 5.13. The average Bonchev–Trinajstić information content (AvgIpc) is 3.21. The Bertz CT molecular complexity index is 1750. The van der Waals surface area contributed by atoms with Crippen molar-refractivity contribution in [1.82, 2.24) is 0 Å². The molecule has 8 nitrogen and oxygen atoms in total. The molecule has 278 valence electrons. The molecule has 9 heteroatoms. The van der Waals surface area contributed by atoms with Crippen LogP contribution in [0.3, 0.4) is 0 Å². The molecule has 5 aromatic carbocycles. The van der Waals surface area contributed by atoms with Crippen LogP contribution in [0.15, 0.2) is 152 Å². The summed E-state index contributed by atoms with van der Waals surface area (Å²) in [5, 5.41) is 0. The SMILES string of the molecule is CC[C@@H](OCc1ccccc1)[C@H]1O[C@@H](OP(=O)(OCc2ccccc2)OCc2ccccc2)[C@@H](OCc2ccccc2)[C@@H](OCc2ccccc2)[C@@H]1C. The molecule has 0 unspecified atom stereocenters. The predicted octanol–water partition coefficient (Wildman–Crippen LogP) is 10.1. The molecule has 1 aliphatic heterocycles. The van der Waals surface area contributed by atoms with Gasteiger partial charge in [-0.3, -0.25) is 13.6 Å². The summed E-state index contributed by atoms with van der Waals surface area (Å²) in [6, 6.07) is 48.9. The van der Waals surface area contributed by atoms with Crippen LogP contribution in [-0.4, -0.2) is 30.7 Å². The number of hydrogen-bond acceptors (Lipinski definition) is 8. The largest absolute Gasteiger partial charge is 0.477 e. The van der Waals surface area contributed by atoms with Crippen LogP contribution in [0.25, 0.3) is 0 Å². The summed E-state index contributed by atoms with van der Waals surface area (Å²) < 4.78 is 60.2. The van der Waals surface area contributed by atoms with Crippen molar-refractivity contribution in [3.63, 3.8) is 0 Å². The molecule has 1 aliphatic rings.